The van der Waals surface area contributed by atoms with Crippen molar-refractivity contribution in [2.24, 2.45) is 0 Å². The van der Waals surface area contributed by atoms with Gasteiger partial charge in [-0.2, -0.15) is 0 Å². The van der Waals surface area contributed by atoms with Crippen LogP contribution >= 0.6 is 0 Å². The fourth-order valence-electron chi connectivity index (χ4n) is 3.98. The summed E-state index contributed by atoms with van der Waals surface area (Å²) in [5, 5.41) is 9.41. The average Bonchev–Trinajstić information content (AvgIpc) is 3.02. The number of piperazine rings is 1. The number of benzene rings is 1. The topological polar surface area (TPSA) is 45.2 Å². The van der Waals surface area contributed by atoms with Gasteiger partial charge in [0, 0.05) is 38.3 Å². The van der Waals surface area contributed by atoms with E-state index in [2.05, 4.69) is 21.9 Å². The van der Waals surface area contributed by atoms with E-state index in [0.29, 0.717) is 12.1 Å². The quantitative estimate of drug-likeness (QED) is 0.865. The highest BCUT2D eigenvalue weighted by Crippen LogP contribution is 2.30. The Labute approximate surface area is 138 Å². The SMILES string of the molecule is COc1ccc(CN2CC3CCCN3C[C@@H]2CCO)cc1OC. The van der Waals surface area contributed by atoms with Crippen molar-refractivity contribution in [3.8, 4) is 11.5 Å². The van der Waals surface area contributed by atoms with E-state index in [-0.39, 0.29) is 6.61 Å². The van der Waals surface area contributed by atoms with Crippen LogP contribution in [-0.2, 0) is 6.54 Å². The van der Waals surface area contributed by atoms with E-state index in [9.17, 15) is 5.11 Å². The van der Waals surface area contributed by atoms with E-state index in [0.717, 1.165) is 37.6 Å². The molecule has 3 rings (SSSR count). The van der Waals surface area contributed by atoms with Gasteiger partial charge in [0.15, 0.2) is 11.5 Å². The number of hydrogen-bond donors (Lipinski definition) is 1. The lowest BCUT2D eigenvalue weighted by atomic mass is 10.0. The highest BCUT2D eigenvalue weighted by molar-refractivity contribution is 5.42. The summed E-state index contributed by atoms with van der Waals surface area (Å²) in [7, 11) is 3.33. The van der Waals surface area contributed by atoms with Crippen LogP contribution in [0.4, 0.5) is 0 Å². The Hall–Kier alpha value is -1.30. The second-order valence-electron chi connectivity index (χ2n) is 6.58. The molecule has 2 atom stereocenters. The number of aliphatic hydroxyl groups is 1. The van der Waals surface area contributed by atoms with E-state index in [1.807, 2.05) is 6.07 Å². The molecule has 2 saturated heterocycles. The molecule has 0 aliphatic carbocycles. The second kappa shape index (κ2) is 7.51. The summed E-state index contributed by atoms with van der Waals surface area (Å²) < 4.78 is 10.7. The number of aliphatic hydroxyl groups excluding tert-OH is 1. The van der Waals surface area contributed by atoms with E-state index in [1.165, 1.54) is 24.9 Å². The maximum Gasteiger partial charge on any atom is 0.161 e. The van der Waals surface area contributed by atoms with Crippen LogP contribution < -0.4 is 9.47 Å². The van der Waals surface area contributed by atoms with Crippen LogP contribution in [0.3, 0.4) is 0 Å². The van der Waals surface area contributed by atoms with Crippen molar-refractivity contribution in [2.45, 2.75) is 37.9 Å². The molecule has 0 amide bonds. The Morgan fingerprint density at radius 1 is 1.17 bits per heavy atom. The van der Waals surface area contributed by atoms with Crippen molar-refractivity contribution in [1.82, 2.24) is 9.80 Å². The monoisotopic (exact) mass is 320 g/mol. The van der Waals surface area contributed by atoms with Crippen molar-refractivity contribution in [2.75, 3.05) is 40.5 Å². The van der Waals surface area contributed by atoms with Crippen LogP contribution in [0, 0.1) is 0 Å². The van der Waals surface area contributed by atoms with Crippen molar-refractivity contribution >= 4 is 0 Å². The predicted octanol–water partition coefficient (Wildman–Crippen LogP) is 1.73. The molecule has 1 N–H and O–H groups in total. The number of fused-ring (bicyclic) bond motifs is 1. The summed E-state index contributed by atoms with van der Waals surface area (Å²) in [5.41, 5.74) is 1.23. The third-order valence-electron chi connectivity index (χ3n) is 5.20. The molecule has 2 aliphatic rings. The minimum Gasteiger partial charge on any atom is -0.493 e. The minimum atomic E-state index is 0.256. The summed E-state index contributed by atoms with van der Waals surface area (Å²) in [6.07, 6.45) is 3.45. The summed E-state index contributed by atoms with van der Waals surface area (Å²) in [6.45, 7) is 4.55. The van der Waals surface area contributed by atoms with Crippen LogP contribution in [0.15, 0.2) is 18.2 Å². The van der Waals surface area contributed by atoms with Crippen LogP contribution in [-0.4, -0.2) is 67.5 Å². The highest BCUT2D eigenvalue weighted by atomic mass is 16.5. The molecule has 128 valence electrons. The normalized spacial score (nSPS) is 25.3. The number of methoxy groups -OCH3 is 2. The maximum absolute atomic E-state index is 9.41. The maximum atomic E-state index is 9.41. The van der Waals surface area contributed by atoms with Crippen LogP contribution in [0.1, 0.15) is 24.8 Å². The van der Waals surface area contributed by atoms with Crippen LogP contribution in [0.5, 0.6) is 11.5 Å². The number of ether oxygens (including phenoxy) is 2. The van der Waals surface area contributed by atoms with Gasteiger partial charge in [0.2, 0.25) is 0 Å². The van der Waals surface area contributed by atoms with Crippen molar-refractivity contribution in [3.63, 3.8) is 0 Å². The smallest absolute Gasteiger partial charge is 0.161 e. The molecule has 2 aliphatic heterocycles. The third kappa shape index (κ3) is 3.62. The van der Waals surface area contributed by atoms with Crippen molar-refractivity contribution in [3.05, 3.63) is 23.8 Å². The van der Waals surface area contributed by atoms with E-state index < -0.39 is 0 Å². The molecule has 1 unspecified atom stereocenters. The molecule has 2 fully saturated rings. The molecule has 23 heavy (non-hydrogen) atoms. The zero-order valence-corrected chi connectivity index (χ0v) is 14.2. The fourth-order valence-corrected chi connectivity index (χ4v) is 3.98. The van der Waals surface area contributed by atoms with Gasteiger partial charge in [-0.25, -0.2) is 0 Å². The van der Waals surface area contributed by atoms with Crippen molar-refractivity contribution in [1.29, 1.82) is 0 Å². The lowest BCUT2D eigenvalue weighted by molar-refractivity contribution is 0.0333. The van der Waals surface area contributed by atoms with Gasteiger partial charge < -0.3 is 14.6 Å². The predicted molar refractivity (Wildman–Crippen MR) is 90.0 cm³/mol. The average molecular weight is 320 g/mol. The molecule has 0 aromatic heterocycles. The molecule has 2 heterocycles. The second-order valence-corrected chi connectivity index (χ2v) is 6.58. The summed E-state index contributed by atoms with van der Waals surface area (Å²) >= 11 is 0. The molecular weight excluding hydrogens is 292 g/mol. The molecule has 1 aromatic rings. The molecule has 0 spiro atoms. The zero-order valence-electron chi connectivity index (χ0n) is 14.2. The van der Waals surface area contributed by atoms with E-state index >= 15 is 0 Å². The standard InChI is InChI=1S/C18H28N2O3/c1-22-17-6-5-14(10-18(17)23-2)11-20-13-15-4-3-8-19(15)12-16(20)7-9-21/h5-6,10,15-16,21H,3-4,7-9,11-13H2,1-2H3/t15?,16-/m0/s1. The first-order chi connectivity index (χ1) is 11.2. The van der Waals surface area contributed by atoms with Crippen molar-refractivity contribution < 1.29 is 14.6 Å². The highest BCUT2D eigenvalue weighted by Gasteiger charge is 2.35. The van der Waals surface area contributed by atoms with E-state index in [4.69, 9.17) is 9.47 Å². The van der Waals surface area contributed by atoms with E-state index in [1.54, 1.807) is 14.2 Å². The largest absolute Gasteiger partial charge is 0.493 e. The van der Waals surface area contributed by atoms with Gasteiger partial charge in [-0.15, -0.1) is 0 Å². The van der Waals surface area contributed by atoms with Gasteiger partial charge in [-0.05, 0) is 43.5 Å². The molecule has 5 nitrogen and oxygen atoms in total. The molecule has 1 aromatic carbocycles. The Kier molecular flexibility index (Phi) is 5.41. The van der Waals surface area contributed by atoms with Crippen LogP contribution in [0.2, 0.25) is 0 Å². The van der Waals surface area contributed by atoms with Crippen LogP contribution in [0.25, 0.3) is 0 Å². The number of nitrogens with zero attached hydrogens (tertiary/aromatic N) is 2. The molecular formula is C18H28N2O3. The minimum absolute atomic E-state index is 0.256. The first kappa shape index (κ1) is 16.6. The Morgan fingerprint density at radius 3 is 2.74 bits per heavy atom. The molecule has 0 radical (unpaired) electrons. The van der Waals surface area contributed by atoms with Gasteiger partial charge in [0.25, 0.3) is 0 Å². The van der Waals surface area contributed by atoms with Gasteiger partial charge >= 0.3 is 0 Å². The Balaban J connectivity index is 1.73. The Morgan fingerprint density at radius 2 is 2.00 bits per heavy atom. The molecule has 0 saturated carbocycles. The van der Waals surface area contributed by atoms with Gasteiger partial charge in [-0.1, -0.05) is 6.07 Å². The number of hydrogen-bond acceptors (Lipinski definition) is 5. The summed E-state index contributed by atoms with van der Waals surface area (Å²) in [5.74, 6) is 1.55. The lowest BCUT2D eigenvalue weighted by Gasteiger charge is -2.43. The Bertz CT molecular complexity index is 523. The fraction of sp³-hybridized carbons (Fsp3) is 0.667. The first-order valence-electron chi connectivity index (χ1n) is 8.55. The molecule has 5 heteroatoms. The van der Waals surface area contributed by atoms with Gasteiger partial charge in [0.1, 0.15) is 0 Å². The van der Waals surface area contributed by atoms with Gasteiger partial charge in [0.05, 0.1) is 14.2 Å². The zero-order chi connectivity index (χ0) is 16.2. The summed E-state index contributed by atoms with van der Waals surface area (Å²) in [4.78, 5) is 5.13. The molecule has 0 bridgehead atoms. The first-order valence-corrected chi connectivity index (χ1v) is 8.55. The lowest BCUT2D eigenvalue weighted by Crippen LogP contribution is -2.55. The third-order valence-corrected chi connectivity index (χ3v) is 5.20. The number of rotatable bonds is 6. The van der Waals surface area contributed by atoms with Gasteiger partial charge in [-0.3, -0.25) is 9.80 Å². The summed E-state index contributed by atoms with van der Waals surface area (Å²) in [6, 6.07) is 7.27.